The summed E-state index contributed by atoms with van der Waals surface area (Å²) in [6, 6.07) is 14.4. The van der Waals surface area contributed by atoms with E-state index in [2.05, 4.69) is 5.32 Å². The predicted octanol–water partition coefficient (Wildman–Crippen LogP) is 2.88. The van der Waals surface area contributed by atoms with Crippen molar-refractivity contribution in [3.8, 4) is 0 Å². The van der Waals surface area contributed by atoms with Crippen molar-refractivity contribution in [3.63, 3.8) is 0 Å². The fourth-order valence-corrected chi connectivity index (χ4v) is 4.14. The van der Waals surface area contributed by atoms with Crippen LogP contribution < -0.4 is 5.32 Å². The first-order valence-corrected chi connectivity index (χ1v) is 11.8. The molecular formula is C22H27N3O4S. The largest absolute Gasteiger partial charge is 0.339 e. The number of amides is 2. The van der Waals surface area contributed by atoms with Crippen LogP contribution >= 0.6 is 0 Å². The predicted molar refractivity (Wildman–Crippen MR) is 117 cm³/mol. The van der Waals surface area contributed by atoms with Crippen LogP contribution in [0.1, 0.15) is 41.2 Å². The molecule has 7 nitrogen and oxygen atoms in total. The highest BCUT2D eigenvalue weighted by atomic mass is 32.2. The molecule has 2 aromatic carbocycles. The lowest BCUT2D eigenvalue weighted by molar-refractivity contribution is -0.119. The fourth-order valence-electron chi connectivity index (χ4n) is 3.54. The molecule has 1 saturated heterocycles. The summed E-state index contributed by atoms with van der Waals surface area (Å²) in [5.74, 6) is -0.476. The Morgan fingerprint density at radius 1 is 0.967 bits per heavy atom. The number of carbonyl (C=O) groups excluding carboxylic acids is 2. The quantitative estimate of drug-likeness (QED) is 0.765. The van der Waals surface area contributed by atoms with Gasteiger partial charge in [0.25, 0.3) is 5.91 Å². The van der Waals surface area contributed by atoms with E-state index in [9.17, 15) is 18.0 Å². The standard InChI is InChI=1S/C22H27N3O4S/c1-24(30(2,28)29)20(17-9-5-3-6-10-17)21(26)23-19-13-11-18(12-14-19)22(27)25-15-7-4-8-16-25/h3,5-6,9-14,20H,4,7-8,15-16H2,1-2H3,(H,23,26)/t20-/m0/s1. The van der Waals surface area contributed by atoms with Gasteiger partial charge < -0.3 is 10.2 Å². The molecule has 0 unspecified atom stereocenters. The molecule has 0 aliphatic carbocycles. The molecule has 30 heavy (non-hydrogen) atoms. The Bertz CT molecular complexity index is 985. The molecule has 1 fully saturated rings. The number of sulfonamides is 1. The Morgan fingerprint density at radius 3 is 2.13 bits per heavy atom. The Kier molecular flexibility index (Phi) is 6.89. The lowest BCUT2D eigenvalue weighted by Gasteiger charge is -2.27. The van der Waals surface area contributed by atoms with E-state index in [1.807, 2.05) is 4.90 Å². The lowest BCUT2D eigenvalue weighted by atomic mass is 10.1. The maximum atomic E-state index is 13.0. The highest BCUT2D eigenvalue weighted by molar-refractivity contribution is 7.88. The van der Waals surface area contributed by atoms with Gasteiger partial charge in [0, 0.05) is 31.4 Å². The van der Waals surface area contributed by atoms with Gasteiger partial charge in [-0.25, -0.2) is 8.42 Å². The molecule has 1 N–H and O–H groups in total. The molecule has 2 amide bonds. The maximum Gasteiger partial charge on any atom is 0.253 e. The van der Waals surface area contributed by atoms with Crippen LogP contribution in [0, 0.1) is 0 Å². The van der Waals surface area contributed by atoms with Crippen molar-refractivity contribution in [2.45, 2.75) is 25.3 Å². The van der Waals surface area contributed by atoms with Crippen LogP contribution in [0.3, 0.4) is 0 Å². The minimum atomic E-state index is -3.60. The summed E-state index contributed by atoms with van der Waals surface area (Å²) in [5, 5.41) is 2.77. The number of nitrogens with one attached hydrogen (secondary N) is 1. The fraction of sp³-hybridized carbons (Fsp3) is 0.364. The zero-order valence-corrected chi connectivity index (χ0v) is 18.1. The number of piperidine rings is 1. The highest BCUT2D eigenvalue weighted by Gasteiger charge is 2.30. The van der Waals surface area contributed by atoms with Crippen LogP contribution in [0.15, 0.2) is 54.6 Å². The summed E-state index contributed by atoms with van der Waals surface area (Å²) in [6.07, 6.45) is 4.26. The average molecular weight is 430 g/mol. The van der Waals surface area contributed by atoms with Crippen molar-refractivity contribution < 1.29 is 18.0 Å². The van der Waals surface area contributed by atoms with E-state index in [1.54, 1.807) is 54.6 Å². The van der Waals surface area contributed by atoms with Gasteiger partial charge in [0.05, 0.1) is 6.26 Å². The Labute approximate surface area is 177 Å². The Hall–Kier alpha value is -2.71. The first kappa shape index (κ1) is 22.0. The molecule has 8 heteroatoms. The molecule has 0 spiro atoms. The summed E-state index contributed by atoms with van der Waals surface area (Å²) < 4.78 is 25.2. The van der Waals surface area contributed by atoms with Crippen LogP contribution in [0.25, 0.3) is 0 Å². The van der Waals surface area contributed by atoms with E-state index in [0.717, 1.165) is 42.9 Å². The van der Waals surface area contributed by atoms with Gasteiger partial charge in [0.2, 0.25) is 15.9 Å². The first-order chi connectivity index (χ1) is 14.3. The number of hydrogen-bond donors (Lipinski definition) is 1. The summed E-state index contributed by atoms with van der Waals surface area (Å²) in [7, 11) is -2.21. The molecule has 0 radical (unpaired) electrons. The van der Waals surface area contributed by atoms with E-state index in [4.69, 9.17) is 0 Å². The summed E-state index contributed by atoms with van der Waals surface area (Å²) >= 11 is 0. The van der Waals surface area contributed by atoms with E-state index in [0.29, 0.717) is 16.8 Å². The molecule has 3 rings (SSSR count). The summed E-state index contributed by atoms with van der Waals surface area (Å²) in [5.41, 5.74) is 1.64. The monoisotopic (exact) mass is 429 g/mol. The van der Waals surface area contributed by atoms with Crippen molar-refractivity contribution in [3.05, 3.63) is 65.7 Å². The smallest absolute Gasteiger partial charge is 0.253 e. The van der Waals surface area contributed by atoms with E-state index >= 15 is 0 Å². The maximum absolute atomic E-state index is 13.0. The van der Waals surface area contributed by atoms with Crippen molar-refractivity contribution in [2.75, 3.05) is 31.7 Å². The summed E-state index contributed by atoms with van der Waals surface area (Å²) in [6.45, 7) is 1.54. The van der Waals surface area contributed by atoms with Crippen LogP contribution in [0.2, 0.25) is 0 Å². The Balaban J connectivity index is 1.76. The van der Waals surface area contributed by atoms with Gasteiger partial charge in [-0.15, -0.1) is 0 Å². The van der Waals surface area contributed by atoms with Gasteiger partial charge in [0.15, 0.2) is 0 Å². The van der Waals surface area contributed by atoms with Gasteiger partial charge >= 0.3 is 0 Å². The second-order valence-corrected chi connectivity index (χ2v) is 9.55. The number of likely N-dealkylation sites (N-methyl/N-ethyl adjacent to an activating group) is 1. The molecule has 0 saturated carbocycles. The van der Waals surface area contributed by atoms with E-state index < -0.39 is 22.0 Å². The van der Waals surface area contributed by atoms with Gasteiger partial charge in [-0.3, -0.25) is 9.59 Å². The van der Waals surface area contributed by atoms with E-state index in [1.165, 1.54) is 7.05 Å². The van der Waals surface area contributed by atoms with Crippen molar-refractivity contribution in [1.29, 1.82) is 0 Å². The third kappa shape index (κ3) is 5.25. The number of likely N-dealkylation sites (tertiary alicyclic amines) is 1. The number of anilines is 1. The number of rotatable bonds is 6. The molecule has 1 heterocycles. The van der Waals surface area contributed by atoms with Gasteiger partial charge in [-0.05, 0) is 49.1 Å². The van der Waals surface area contributed by atoms with Crippen molar-refractivity contribution >= 4 is 27.5 Å². The third-order valence-electron chi connectivity index (χ3n) is 5.29. The minimum Gasteiger partial charge on any atom is -0.339 e. The van der Waals surface area contributed by atoms with Crippen LogP contribution in [0.5, 0.6) is 0 Å². The van der Waals surface area contributed by atoms with Gasteiger partial charge in [-0.1, -0.05) is 30.3 Å². The van der Waals surface area contributed by atoms with Crippen LogP contribution in [0.4, 0.5) is 5.69 Å². The normalized spacial score (nSPS) is 15.6. The SMILES string of the molecule is CN([C@H](C(=O)Nc1ccc(C(=O)N2CCCCC2)cc1)c1ccccc1)S(C)(=O)=O. The lowest BCUT2D eigenvalue weighted by Crippen LogP contribution is -2.38. The number of carbonyl (C=O) groups is 2. The Morgan fingerprint density at radius 2 is 1.57 bits per heavy atom. The third-order valence-corrected chi connectivity index (χ3v) is 6.55. The van der Waals surface area contributed by atoms with Crippen LogP contribution in [-0.4, -0.2) is 55.8 Å². The molecule has 0 bridgehead atoms. The van der Waals surface area contributed by atoms with E-state index in [-0.39, 0.29) is 5.91 Å². The molecule has 0 aromatic heterocycles. The van der Waals surface area contributed by atoms with Gasteiger partial charge in [0.1, 0.15) is 6.04 Å². The van der Waals surface area contributed by atoms with Crippen molar-refractivity contribution in [2.24, 2.45) is 0 Å². The average Bonchev–Trinajstić information content (AvgIpc) is 2.74. The summed E-state index contributed by atoms with van der Waals surface area (Å²) in [4.78, 5) is 27.4. The highest BCUT2D eigenvalue weighted by Crippen LogP contribution is 2.24. The first-order valence-electron chi connectivity index (χ1n) is 9.95. The molecule has 2 aromatic rings. The van der Waals surface area contributed by atoms with Crippen molar-refractivity contribution in [1.82, 2.24) is 9.21 Å². The molecule has 160 valence electrons. The van der Waals surface area contributed by atoms with Crippen LogP contribution in [-0.2, 0) is 14.8 Å². The molecule has 1 aliphatic rings. The molecule has 1 atom stereocenters. The second kappa shape index (κ2) is 9.40. The number of nitrogens with zero attached hydrogens (tertiary/aromatic N) is 2. The number of hydrogen-bond acceptors (Lipinski definition) is 4. The van der Waals surface area contributed by atoms with Gasteiger partial charge in [-0.2, -0.15) is 4.31 Å². The topological polar surface area (TPSA) is 86.8 Å². The molecule has 1 aliphatic heterocycles. The zero-order chi connectivity index (χ0) is 21.7. The minimum absolute atomic E-state index is 0.00783. The molecular weight excluding hydrogens is 402 g/mol. The number of benzene rings is 2. The zero-order valence-electron chi connectivity index (χ0n) is 17.2. The second-order valence-electron chi connectivity index (χ2n) is 7.51.